The van der Waals surface area contributed by atoms with Crippen molar-refractivity contribution in [1.29, 1.82) is 0 Å². The summed E-state index contributed by atoms with van der Waals surface area (Å²) >= 11 is 1.74. The summed E-state index contributed by atoms with van der Waals surface area (Å²) in [6.45, 7) is 7.34. The molecule has 0 aliphatic heterocycles. The van der Waals surface area contributed by atoms with Gasteiger partial charge in [0.25, 0.3) is 0 Å². The van der Waals surface area contributed by atoms with Crippen LogP contribution in [0.4, 0.5) is 5.95 Å². The highest BCUT2D eigenvalue weighted by Crippen LogP contribution is 2.27. The van der Waals surface area contributed by atoms with Crippen LogP contribution in [0.5, 0.6) is 0 Å². The van der Waals surface area contributed by atoms with Gasteiger partial charge < -0.3 is 5.73 Å². The van der Waals surface area contributed by atoms with Crippen LogP contribution in [0.15, 0.2) is 29.0 Å². The molecule has 2 rings (SSSR count). The van der Waals surface area contributed by atoms with Gasteiger partial charge >= 0.3 is 0 Å². The maximum Gasteiger partial charge on any atom is 0.222 e. The third kappa shape index (κ3) is 3.41. The van der Waals surface area contributed by atoms with E-state index < -0.39 is 0 Å². The molecule has 104 valence electrons. The Morgan fingerprint density at radius 3 is 2.84 bits per heavy atom. The fourth-order valence-electron chi connectivity index (χ4n) is 2.12. The van der Waals surface area contributed by atoms with Crippen LogP contribution in [0.25, 0.3) is 0 Å². The lowest BCUT2D eigenvalue weighted by atomic mass is 9.92. The van der Waals surface area contributed by atoms with E-state index in [-0.39, 0.29) is 0 Å². The van der Waals surface area contributed by atoms with Gasteiger partial charge in [0.2, 0.25) is 5.95 Å². The zero-order valence-electron chi connectivity index (χ0n) is 11.8. The first kappa shape index (κ1) is 14.2. The highest BCUT2D eigenvalue weighted by atomic mass is 32.2. The third-order valence-corrected chi connectivity index (χ3v) is 4.53. The van der Waals surface area contributed by atoms with Crippen molar-refractivity contribution in [3.05, 3.63) is 23.8 Å². The molecule has 0 spiro atoms. The Kier molecular flexibility index (Phi) is 4.69. The lowest BCUT2D eigenvalue weighted by Crippen LogP contribution is -2.07. The molecule has 1 heterocycles. The molecule has 1 aliphatic carbocycles. The number of hydrogen-bond donors (Lipinski definition) is 1. The number of anilines is 1. The van der Waals surface area contributed by atoms with Gasteiger partial charge in [0.05, 0.1) is 0 Å². The highest BCUT2D eigenvalue weighted by molar-refractivity contribution is 7.99. The zero-order valence-corrected chi connectivity index (χ0v) is 12.7. The van der Waals surface area contributed by atoms with Crippen molar-refractivity contribution in [2.75, 3.05) is 11.5 Å². The van der Waals surface area contributed by atoms with Gasteiger partial charge in [-0.25, -0.2) is 0 Å². The van der Waals surface area contributed by atoms with Crippen LogP contribution < -0.4 is 5.73 Å². The summed E-state index contributed by atoms with van der Waals surface area (Å²) in [6, 6.07) is 0. The number of nitrogen functional groups attached to an aromatic ring is 1. The topological polar surface area (TPSA) is 56.7 Å². The van der Waals surface area contributed by atoms with Gasteiger partial charge in [0.1, 0.15) is 0 Å². The average molecular weight is 278 g/mol. The molecule has 1 atom stereocenters. The van der Waals surface area contributed by atoms with Crippen molar-refractivity contribution in [2.45, 2.75) is 38.9 Å². The van der Waals surface area contributed by atoms with Crippen molar-refractivity contribution in [3.63, 3.8) is 0 Å². The fourth-order valence-corrected chi connectivity index (χ4v) is 3.21. The Bertz CT molecular complexity index is 488. The Hall–Kier alpha value is -1.23. The summed E-state index contributed by atoms with van der Waals surface area (Å²) in [5.41, 5.74) is 7.21. The molecule has 4 nitrogen and oxygen atoms in total. The number of hydrogen-bond acceptors (Lipinski definition) is 4. The van der Waals surface area contributed by atoms with Crippen LogP contribution in [-0.4, -0.2) is 20.5 Å². The van der Waals surface area contributed by atoms with Crippen molar-refractivity contribution in [3.8, 4) is 0 Å². The van der Waals surface area contributed by atoms with Crippen LogP contribution in [-0.2, 0) is 6.54 Å². The smallest absolute Gasteiger partial charge is 0.222 e. The Morgan fingerprint density at radius 2 is 2.26 bits per heavy atom. The van der Waals surface area contributed by atoms with E-state index >= 15 is 0 Å². The van der Waals surface area contributed by atoms with Crippen LogP contribution >= 0.6 is 11.8 Å². The first-order chi connectivity index (χ1) is 9.11. The van der Waals surface area contributed by atoms with Gasteiger partial charge in [-0.2, -0.15) is 0 Å². The summed E-state index contributed by atoms with van der Waals surface area (Å²) in [7, 11) is 0. The first-order valence-electron chi connectivity index (χ1n) is 6.81. The highest BCUT2D eigenvalue weighted by Gasteiger charge is 2.14. The summed E-state index contributed by atoms with van der Waals surface area (Å²) in [4.78, 5) is 0. The predicted octanol–water partition coefficient (Wildman–Crippen LogP) is 3.13. The van der Waals surface area contributed by atoms with Gasteiger partial charge in [-0.1, -0.05) is 43.8 Å². The maximum atomic E-state index is 5.76. The molecule has 5 heteroatoms. The number of thioether (sulfide) groups is 1. The monoisotopic (exact) mass is 278 g/mol. The van der Waals surface area contributed by atoms with E-state index in [1.807, 2.05) is 4.57 Å². The van der Waals surface area contributed by atoms with Gasteiger partial charge in [-0.15, -0.1) is 10.2 Å². The van der Waals surface area contributed by atoms with E-state index in [0.29, 0.717) is 17.8 Å². The molecular formula is C14H22N4S. The van der Waals surface area contributed by atoms with Gasteiger partial charge in [0.15, 0.2) is 5.16 Å². The number of aromatic nitrogens is 3. The van der Waals surface area contributed by atoms with E-state index in [1.165, 1.54) is 5.57 Å². The van der Waals surface area contributed by atoms with E-state index in [9.17, 15) is 0 Å². The van der Waals surface area contributed by atoms with E-state index in [4.69, 9.17) is 5.73 Å². The molecule has 0 fully saturated rings. The van der Waals surface area contributed by atoms with Crippen molar-refractivity contribution < 1.29 is 0 Å². The quantitative estimate of drug-likeness (QED) is 0.841. The molecule has 0 bridgehead atoms. The fraction of sp³-hybridized carbons (Fsp3) is 0.571. The number of nitrogens with two attached hydrogens (primary N) is 1. The van der Waals surface area contributed by atoms with Crippen LogP contribution in [0, 0.1) is 11.8 Å². The van der Waals surface area contributed by atoms with E-state index in [1.54, 1.807) is 11.8 Å². The SMILES string of the molecule is CCn1c(N)nnc1SCC1C=CC(C(C)C)=CC1. The molecule has 0 amide bonds. The molecule has 19 heavy (non-hydrogen) atoms. The minimum Gasteiger partial charge on any atom is -0.368 e. The lowest BCUT2D eigenvalue weighted by Gasteiger charge is -2.17. The standard InChI is InChI=1S/C14H22N4S/c1-4-18-13(15)16-17-14(18)19-9-11-5-7-12(8-6-11)10(2)3/h5,7-8,10-11H,4,6,9H2,1-3H3,(H2,15,16). The second-order valence-electron chi connectivity index (χ2n) is 5.11. The zero-order chi connectivity index (χ0) is 13.8. The minimum absolute atomic E-state index is 0.506. The van der Waals surface area contributed by atoms with Gasteiger partial charge in [-0.3, -0.25) is 4.57 Å². The van der Waals surface area contributed by atoms with Crippen LogP contribution in [0.3, 0.4) is 0 Å². The molecule has 1 aliphatic rings. The molecule has 1 aromatic rings. The van der Waals surface area contributed by atoms with Crippen LogP contribution in [0.2, 0.25) is 0 Å². The molecule has 1 unspecified atom stereocenters. The van der Waals surface area contributed by atoms with E-state index in [2.05, 4.69) is 49.2 Å². The molecule has 0 saturated heterocycles. The third-order valence-electron chi connectivity index (χ3n) is 3.37. The number of allylic oxidation sites excluding steroid dienone is 4. The largest absolute Gasteiger partial charge is 0.368 e. The Labute approximate surface area is 119 Å². The molecule has 0 radical (unpaired) electrons. The van der Waals surface area contributed by atoms with E-state index in [0.717, 1.165) is 23.9 Å². The Balaban J connectivity index is 1.89. The first-order valence-corrected chi connectivity index (χ1v) is 7.80. The van der Waals surface area contributed by atoms with Crippen molar-refractivity contribution in [1.82, 2.24) is 14.8 Å². The summed E-state index contributed by atoms with van der Waals surface area (Å²) in [5, 5.41) is 8.98. The molecular weight excluding hydrogens is 256 g/mol. The van der Waals surface area contributed by atoms with Gasteiger partial charge in [0, 0.05) is 12.3 Å². The van der Waals surface area contributed by atoms with Crippen molar-refractivity contribution in [2.24, 2.45) is 11.8 Å². The summed E-state index contributed by atoms with van der Waals surface area (Å²) in [5.74, 6) is 2.73. The average Bonchev–Trinajstić information content (AvgIpc) is 2.77. The second-order valence-corrected chi connectivity index (χ2v) is 6.10. The minimum atomic E-state index is 0.506. The summed E-state index contributed by atoms with van der Waals surface area (Å²) < 4.78 is 1.95. The molecule has 0 saturated carbocycles. The molecule has 1 aromatic heterocycles. The lowest BCUT2D eigenvalue weighted by molar-refractivity contribution is 0.680. The molecule has 2 N–H and O–H groups in total. The van der Waals surface area contributed by atoms with Gasteiger partial charge in [-0.05, 0) is 30.8 Å². The van der Waals surface area contributed by atoms with Crippen LogP contribution in [0.1, 0.15) is 27.2 Å². The maximum absolute atomic E-state index is 5.76. The number of nitrogens with zero attached hydrogens (tertiary/aromatic N) is 3. The second kappa shape index (κ2) is 6.28. The molecule has 0 aromatic carbocycles. The summed E-state index contributed by atoms with van der Waals surface area (Å²) in [6.07, 6.45) is 8.05. The predicted molar refractivity (Wildman–Crippen MR) is 81.0 cm³/mol. The Morgan fingerprint density at radius 1 is 1.47 bits per heavy atom. The van der Waals surface area contributed by atoms with Crippen molar-refractivity contribution >= 4 is 17.7 Å². The number of rotatable bonds is 5. The normalized spacial score (nSPS) is 18.9.